The molecular formula is C14H24BCl. The molecule has 2 fully saturated rings. The summed E-state index contributed by atoms with van der Waals surface area (Å²) in [5.41, 5.74) is 0. The Labute approximate surface area is 106 Å². The predicted molar refractivity (Wildman–Crippen MR) is 74.4 cm³/mol. The highest BCUT2D eigenvalue weighted by molar-refractivity contribution is 6.80. The molecule has 2 heterocycles. The molecule has 0 atom stereocenters. The molecule has 0 saturated carbocycles. The Morgan fingerprint density at radius 2 is 1.75 bits per heavy atom. The Bertz CT molecular complexity index is 227. The standard InChI is InChI=1S/C14H24BCl/c1-2-3-4-11-14(16)15-12-7-5-8-13(15)10-6-9-12/h11-13H,2-10H2,1H3/b14-11-. The molecule has 0 N–H and O–H groups in total. The van der Waals surface area contributed by atoms with Crippen LogP contribution in [-0.2, 0) is 0 Å². The van der Waals surface area contributed by atoms with Crippen molar-refractivity contribution < 1.29 is 0 Å². The van der Waals surface area contributed by atoms with Crippen LogP contribution >= 0.6 is 11.6 Å². The molecule has 0 aromatic heterocycles. The summed E-state index contributed by atoms with van der Waals surface area (Å²) >= 11 is 6.56. The molecule has 0 aromatic rings. The fraction of sp³-hybridized carbons (Fsp3) is 0.857. The summed E-state index contributed by atoms with van der Waals surface area (Å²) < 4.78 is 0. The zero-order valence-electron chi connectivity index (χ0n) is 10.6. The van der Waals surface area contributed by atoms with Gasteiger partial charge in [0.05, 0.1) is 0 Å². The van der Waals surface area contributed by atoms with Crippen molar-refractivity contribution in [1.82, 2.24) is 0 Å². The Morgan fingerprint density at radius 3 is 2.25 bits per heavy atom. The van der Waals surface area contributed by atoms with Gasteiger partial charge in [0.15, 0.2) is 6.71 Å². The highest BCUT2D eigenvalue weighted by atomic mass is 35.5. The normalized spacial score (nSPS) is 30.6. The second-order valence-electron chi connectivity index (χ2n) is 5.64. The van der Waals surface area contributed by atoms with Crippen LogP contribution in [0.3, 0.4) is 0 Å². The van der Waals surface area contributed by atoms with Crippen molar-refractivity contribution in [3.8, 4) is 0 Å². The molecule has 90 valence electrons. The molecule has 16 heavy (non-hydrogen) atoms. The van der Waals surface area contributed by atoms with E-state index in [0.717, 1.165) is 18.3 Å². The number of unbranched alkanes of at least 4 members (excludes halogenated alkanes) is 2. The maximum atomic E-state index is 6.56. The van der Waals surface area contributed by atoms with E-state index in [1.807, 2.05) is 0 Å². The lowest BCUT2D eigenvalue weighted by atomic mass is 9.27. The van der Waals surface area contributed by atoms with E-state index in [1.165, 1.54) is 62.7 Å². The minimum Gasteiger partial charge on any atom is -0.100 e. The SMILES string of the molecule is CCCC/C=C(\Cl)B1C2CCCC1CCC2. The van der Waals surface area contributed by atoms with Gasteiger partial charge in [-0.05, 0) is 11.4 Å². The van der Waals surface area contributed by atoms with Gasteiger partial charge in [0, 0.05) is 0 Å². The topological polar surface area (TPSA) is 0 Å². The maximum absolute atomic E-state index is 6.56. The van der Waals surface area contributed by atoms with E-state index in [2.05, 4.69) is 13.0 Å². The largest absolute Gasteiger partial charge is 0.196 e. The zero-order valence-corrected chi connectivity index (χ0v) is 11.3. The fourth-order valence-electron chi connectivity index (χ4n) is 3.71. The quantitative estimate of drug-likeness (QED) is 0.452. The van der Waals surface area contributed by atoms with Crippen LogP contribution in [0, 0.1) is 0 Å². The first kappa shape index (κ1) is 12.5. The third kappa shape index (κ3) is 2.86. The van der Waals surface area contributed by atoms with Crippen LogP contribution < -0.4 is 0 Å². The molecule has 0 aromatic carbocycles. The minimum absolute atomic E-state index is 0.737. The van der Waals surface area contributed by atoms with E-state index >= 15 is 0 Å². The smallest absolute Gasteiger partial charge is 0.100 e. The second-order valence-corrected chi connectivity index (χ2v) is 6.08. The van der Waals surface area contributed by atoms with Gasteiger partial charge in [-0.3, -0.25) is 0 Å². The number of hydrogen-bond acceptors (Lipinski definition) is 0. The Hall–Kier alpha value is 0.0949. The molecule has 2 rings (SSSR count). The molecule has 2 aliphatic rings. The summed E-state index contributed by atoms with van der Waals surface area (Å²) in [7, 11) is 0. The van der Waals surface area contributed by atoms with E-state index in [-0.39, 0.29) is 0 Å². The average molecular weight is 239 g/mol. The van der Waals surface area contributed by atoms with Crippen LogP contribution in [0.4, 0.5) is 0 Å². The predicted octanol–water partition coefficient (Wildman–Crippen LogP) is 5.44. The van der Waals surface area contributed by atoms with Crippen LogP contribution in [-0.4, -0.2) is 6.71 Å². The van der Waals surface area contributed by atoms with Crippen LogP contribution in [0.1, 0.15) is 64.7 Å². The molecule has 0 spiro atoms. The van der Waals surface area contributed by atoms with Gasteiger partial charge in [0.25, 0.3) is 0 Å². The summed E-state index contributed by atoms with van der Waals surface area (Å²) in [4.78, 5) is 1.21. The number of hydrogen-bond donors (Lipinski definition) is 0. The summed E-state index contributed by atoms with van der Waals surface area (Å²) in [6.45, 7) is 2.98. The monoisotopic (exact) mass is 238 g/mol. The third-order valence-electron chi connectivity index (χ3n) is 4.53. The molecule has 2 aliphatic heterocycles. The van der Waals surface area contributed by atoms with E-state index in [9.17, 15) is 0 Å². The first-order valence-corrected chi connectivity index (χ1v) is 7.56. The number of halogens is 1. The van der Waals surface area contributed by atoms with Crippen molar-refractivity contribution in [2.24, 2.45) is 0 Å². The molecule has 0 unspecified atom stereocenters. The summed E-state index contributed by atoms with van der Waals surface area (Å²) in [5, 5.41) is 0. The van der Waals surface area contributed by atoms with Gasteiger partial charge in [-0.1, -0.05) is 76.0 Å². The van der Waals surface area contributed by atoms with E-state index in [1.54, 1.807) is 0 Å². The third-order valence-corrected chi connectivity index (χ3v) is 4.94. The van der Waals surface area contributed by atoms with Crippen molar-refractivity contribution >= 4 is 18.3 Å². The van der Waals surface area contributed by atoms with Crippen LogP contribution in [0.2, 0.25) is 11.6 Å². The van der Waals surface area contributed by atoms with Gasteiger partial charge < -0.3 is 0 Å². The Morgan fingerprint density at radius 1 is 1.19 bits per heavy atom. The average Bonchev–Trinajstić information content (AvgIpc) is 2.28. The molecule has 0 nitrogen and oxygen atoms in total. The first-order valence-electron chi connectivity index (χ1n) is 7.18. The maximum Gasteiger partial charge on any atom is 0.196 e. The van der Waals surface area contributed by atoms with Gasteiger partial charge in [0.1, 0.15) is 0 Å². The van der Waals surface area contributed by atoms with Crippen molar-refractivity contribution in [2.45, 2.75) is 76.3 Å². The van der Waals surface area contributed by atoms with Gasteiger partial charge >= 0.3 is 0 Å². The summed E-state index contributed by atoms with van der Waals surface area (Å²) in [5.74, 6) is 1.83. The number of rotatable bonds is 4. The van der Waals surface area contributed by atoms with Gasteiger partial charge in [-0.2, -0.15) is 0 Å². The highest BCUT2D eigenvalue weighted by Gasteiger charge is 2.40. The second kappa shape index (κ2) is 6.14. The van der Waals surface area contributed by atoms with Gasteiger partial charge in [-0.15, -0.1) is 11.6 Å². The van der Waals surface area contributed by atoms with Crippen LogP contribution in [0.25, 0.3) is 0 Å². The zero-order chi connectivity index (χ0) is 11.4. The molecule has 2 saturated heterocycles. The molecule has 0 radical (unpaired) electrons. The molecule has 0 amide bonds. The van der Waals surface area contributed by atoms with Gasteiger partial charge in [-0.25, -0.2) is 0 Å². The van der Waals surface area contributed by atoms with Crippen molar-refractivity contribution in [2.75, 3.05) is 0 Å². The summed E-state index contributed by atoms with van der Waals surface area (Å²) in [6.07, 6.45) is 14.7. The molecular weight excluding hydrogens is 214 g/mol. The van der Waals surface area contributed by atoms with Crippen LogP contribution in [0.5, 0.6) is 0 Å². The first-order chi connectivity index (χ1) is 7.83. The lowest BCUT2D eigenvalue weighted by molar-refractivity contribution is 0.447. The van der Waals surface area contributed by atoms with Crippen LogP contribution in [0.15, 0.2) is 11.0 Å². The van der Waals surface area contributed by atoms with Crippen molar-refractivity contribution in [3.63, 3.8) is 0 Å². The lowest BCUT2D eigenvalue weighted by Gasteiger charge is -2.40. The number of allylic oxidation sites excluding steroid dienone is 1. The fourth-order valence-corrected chi connectivity index (χ4v) is 4.17. The van der Waals surface area contributed by atoms with Crippen molar-refractivity contribution in [3.05, 3.63) is 11.0 Å². The lowest BCUT2D eigenvalue weighted by Crippen LogP contribution is -2.35. The Kier molecular flexibility index (Phi) is 4.82. The Balaban J connectivity index is 1.98. The van der Waals surface area contributed by atoms with E-state index in [0.29, 0.717) is 0 Å². The minimum atomic E-state index is 0.737. The van der Waals surface area contributed by atoms with E-state index < -0.39 is 0 Å². The molecule has 2 heteroatoms. The molecule has 2 bridgehead atoms. The highest BCUT2D eigenvalue weighted by Crippen LogP contribution is 2.49. The number of fused-ring (bicyclic) bond motifs is 2. The van der Waals surface area contributed by atoms with Crippen molar-refractivity contribution in [1.29, 1.82) is 0 Å². The summed E-state index contributed by atoms with van der Waals surface area (Å²) in [6, 6.07) is 0. The van der Waals surface area contributed by atoms with Gasteiger partial charge in [0.2, 0.25) is 0 Å². The van der Waals surface area contributed by atoms with E-state index in [4.69, 9.17) is 11.6 Å². The molecule has 0 aliphatic carbocycles.